The van der Waals surface area contributed by atoms with Crippen molar-refractivity contribution in [1.29, 1.82) is 0 Å². The van der Waals surface area contributed by atoms with Gasteiger partial charge in [0.1, 0.15) is 5.69 Å². The third-order valence-corrected chi connectivity index (χ3v) is 1.92. The molecule has 0 N–H and O–H groups in total. The molecule has 0 bridgehead atoms. The van der Waals surface area contributed by atoms with Crippen molar-refractivity contribution in [3.8, 4) is 11.8 Å². The highest BCUT2D eigenvalue weighted by atomic mass is 35.5. The van der Waals surface area contributed by atoms with Crippen LogP contribution in [0.4, 0.5) is 0 Å². The van der Waals surface area contributed by atoms with Gasteiger partial charge in [0, 0.05) is 18.4 Å². The van der Waals surface area contributed by atoms with Gasteiger partial charge in [-0.05, 0) is 24.5 Å². The van der Waals surface area contributed by atoms with Gasteiger partial charge in [0.05, 0.1) is 5.02 Å². The highest BCUT2D eigenvalue weighted by molar-refractivity contribution is 7.80. The first-order chi connectivity index (χ1) is 6.24. The molecule has 0 saturated heterocycles. The normalized spacial score (nSPS) is 9.15. The van der Waals surface area contributed by atoms with Gasteiger partial charge in [0.15, 0.2) is 0 Å². The highest BCUT2D eigenvalue weighted by Crippen LogP contribution is 2.10. The molecular weight excluding hydrogens is 202 g/mol. The van der Waals surface area contributed by atoms with E-state index in [0.29, 0.717) is 5.02 Å². The Morgan fingerprint density at radius 1 is 1.62 bits per heavy atom. The molecule has 0 aliphatic rings. The zero-order chi connectivity index (χ0) is 9.68. The van der Waals surface area contributed by atoms with Crippen molar-refractivity contribution in [1.82, 2.24) is 4.98 Å². The molecule has 0 saturated carbocycles. The number of nitrogens with zero attached hydrogens (tertiary/aromatic N) is 1. The smallest absolute Gasteiger partial charge is 0.116 e. The quantitative estimate of drug-likeness (QED) is 0.557. The third kappa shape index (κ3) is 3.30. The lowest BCUT2D eigenvalue weighted by Crippen LogP contribution is -1.87. The number of hydrogen-bond acceptors (Lipinski definition) is 2. The van der Waals surface area contributed by atoms with Crippen molar-refractivity contribution < 1.29 is 0 Å². The Kier molecular flexibility index (Phi) is 4.14. The van der Waals surface area contributed by atoms with E-state index in [1.807, 2.05) is 13.0 Å². The van der Waals surface area contributed by atoms with E-state index in [0.717, 1.165) is 23.4 Å². The summed E-state index contributed by atoms with van der Waals surface area (Å²) in [6, 6.07) is 1.86. The predicted octanol–water partition coefficient (Wildman–Crippen LogP) is 2.71. The van der Waals surface area contributed by atoms with Gasteiger partial charge < -0.3 is 0 Å². The molecule has 0 atom stereocenters. The molecule has 0 radical (unpaired) electrons. The molecular formula is C10H10ClNS. The molecule has 1 rings (SSSR count). The van der Waals surface area contributed by atoms with Crippen LogP contribution in [0.25, 0.3) is 0 Å². The first-order valence-corrected chi connectivity index (χ1v) is 4.97. The second-order valence-corrected chi connectivity index (χ2v) is 3.48. The maximum absolute atomic E-state index is 5.76. The first kappa shape index (κ1) is 10.4. The molecule has 0 aliphatic heterocycles. The lowest BCUT2D eigenvalue weighted by atomic mass is 10.2. The Hall–Kier alpha value is -0.650. The fraction of sp³-hybridized carbons (Fsp3) is 0.300. The van der Waals surface area contributed by atoms with Crippen LogP contribution in [0.15, 0.2) is 12.3 Å². The summed E-state index contributed by atoms with van der Waals surface area (Å²) in [5.41, 5.74) is 1.81. The topological polar surface area (TPSA) is 12.9 Å². The summed E-state index contributed by atoms with van der Waals surface area (Å²) in [6.07, 6.45) is 2.39. The van der Waals surface area contributed by atoms with E-state index in [-0.39, 0.29) is 0 Å². The largest absolute Gasteiger partial charge is 0.246 e. The summed E-state index contributed by atoms with van der Waals surface area (Å²) in [5.74, 6) is 6.73. The predicted molar refractivity (Wildman–Crippen MR) is 59.3 cm³/mol. The minimum Gasteiger partial charge on any atom is -0.246 e. The molecule has 0 unspecified atom stereocenters. The number of aromatic nitrogens is 1. The number of pyridine rings is 1. The molecule has 0 aromatic carbocycles. The van der Waals surface area contributed by atoms with Crippen LogP contribution in [-0.4, -0.2) is 10.7 Å². The van der Waals surface area contributed by atoms with E-state index in [2.05, 4.69) is 29.5 Å². The standard InChI is InChI=1S/C10H10ClNS/c1-8-6-9(11)7-12-10(8)4-2-3-5-13/h6-7,13H,3,5H2,1H3. The van der Waals surface area contributed by atoms with E-state index in [9.17, 15) is 0 Å². The number of rotatable bonds is 1. The van der Waals surface area contributed by atoms with Crippen LogP contribution in [0.3, 0.4) is 0 Å². The molecule has 0 amide bonds. The van der Waals surface area contributed by atoms with Gasteiger partial charge in [-0.25, -0.2) is 4.98 Å². The number of halogens is 1. The second-order valence-electron chi connectivity index (χ2n) is 2.59. The van der Waals surface area contributed by atoms with Gasteiger partial charge in [-0.1, -0.05) is 17.5 Å². The molecule has 1 heterocycles. The molecule has 13 heavy (non-hydrogen) atoms. The zero-order valence-electron chi connectivity index (χ0n) is 7.34. The summed E-state index contributed by atoms with van der Waals surface area (Å²) < 4.78 is 0. The molecule has 1 aromatic heterocycles. The van der Waals surface area contributed by atoms with Crippen molar-refractivity contribution in [2.75, 3.05) is 5.75 Å². The molecule has 1 nitrogen and oxygen atoms in total. The van der Waals surface area contributed by atoms with E-state index in [4.69, 9.17) is 11.6 Å². The number of thiol groups is 1. The summed E-state index contributed by atoms with van der Waals surface area (Å²) in [7, 11) is 0. The monoisotopic (exact) mass is 211 g/mol. The minimum absolute atomic E-state index is 0.650. The van der Waals surface area contributed by atoms with Crippen molar-refractivity contribution in [3.05, 3.63) is 28.5 Å². The average molecular weight is 212 g/mol. The molecule has 3 heteroatoms. The van der Waals surface area contributed by atoms with E-state index in [1.54, 1.807) is 6.20 Å². The van der Waals surface area contributed by atoms with Crippen LogP contribution in [0.1, 0.15) is 17.7 Å². The summed E-state index contributed by atoms with van der Waals surface area (Å²) in [4.78, 5) is 4.12. The summed E-state index contributed by atoms with van der Waals surface area (Å²) >= 11 is 9.82. The molecule has 0 spiro atoms. The van der Waals surface area contributed by atoms with Crippen molar-refractivity contribution >= 4 is 24.2 Å². The van der Waals surface area contributed by atoms with Gasteiger partial charge in [-0.15, -0.1) is 0 Å². The number of hydrogen-bond donors (Lipinski definition) is 1. The molecule has 1 aromatic rings. The Bertz CT molecular complexity index is 352. The maximum Gasteiger partial charge on any atom is 0.116 e. The van der Waals surface area contributed by atoms with Crippen LogP contribution in [0, 0.1) is 18.8 Å². The van der Waals surface area contributed by atoms with Crippen LogP contribution in [-0.2, 0) is 0 Å². The van der Waals surface area contributed by atoms with E-state index in [1.165, 1.54) is 0 Å². The lowest BCUT2D eigenvalue weighted by molar-refractivity contribution is 1.22. The summed E-state index contributed by atoms with van der Waals surface area (Å²) in [6.45, 7) is 1.95. The average Bonchev–Trinajstić information content (AvgIpc) is 2.09. The SMILES string of the molecule is Cc1cc(Cl)cnc1C#CCCS. The maximum atomic E-state index is 5.76. The van der Waals surface area contributed by atoms with E-state index >= 15 is 0 Å². The fourth-order valence-electron chi connectivity index (χ4n) is 0.873. The van der Waals surface area contributed by atoms with Crippen molar-refractivity contribution in [3.63, 3.8) is 0 Å². The van der Waals surface area contributed by atoms with Crippen LogP contribution >= 0.6 is 24.2 Å². The van der Waals surface area contributed by atoms with Gasteiger partial charge in [0.25, 0.3) is 0 Å². The lowest BCUT2D eigenvalue weighted by Gasteiger charge is -1.96. The first-order valence-electron chi connectivity index (χ1n) is 3.96. The molecule has 0 aliphatic carbocycles. The van der Waals surface area contributed by atoms with Crippen LogP contribution < -0.4 is 0 Å². The van der Waals surface area contributed by atoms with Crippen molar-refractivity contribution in [2.45, 2.75) is 13.3 Å². The van der Waals surface area contributed by atoms with Gasteiger partial charge in [-0.3, -0.25) is 0 Å². The fourth-order valence-corrected chi connectivity index (χ4v) is 1.20. The minimum atomic E-state index is 0.650. The van der Waals surface area contributed by atoms with Gasteiger partial charge >= 0.3 is 0 Å². The second kappa shape index (κ2) is 5.16. The van der Waals surface area contributed by atoms with Crippen molar-refractivity contribution in [2.24, 2.45) is 0 Å². The Labute approximate surface area is 88.9 Å². The Morgan fingerprint density at radius 2 is 2.38 bits per heavy atom. The van der Waals surface area contributed by atoms with Crippen LogP contribution in [0.2, 0.25) is 5.02 Å². The third-order valence-electron chi connectivity index (χ3n) is 1.49. The van der Waals surface area contributed by atoms with Gasteiger partial charge in [0.2, 0.25) is 0 Å². The number of aryl methyl sites for hydroxylation is 1. The van der Waals surface area contributed by atoms with Gasteiger partial charge in [-0.2, -0.15) is 12.6 Å². The zero-order valence-corrected chi connectivity index (χ0v) is 8.99. The Morgan fingerprint density at radius 3 is 3.00 bits per heavy atom. The highest BCUT2D eigenvalue weighted by Gasteiger charge is 1.95. The summed E-state index contributed by atoms with van der Waals surface area (Å²) in [5, 5.41) is 0.650. The Balaban J connectivity index is 2.85. The molecule has 0 fully saturated rings. The van der Waals surface area contributed by atoms with E-state index < -0.39 is 0 Å². The van der Waals surface area contributed by atoms with Crippen LogP contribution in [0.5, 0.6) is 0 Å². The molecule has 68 valence electrons.